The number of piperidine rings is 1. The van der Waals surface area contributed by atoms with Gasteiger partial charge in [-0.25, -0.2) is 9.97 Å². The van der Waals surface area contributed by atoms with E-state index < -0.39 is 0 Å². The predicted octanol–water partition coefficient (Wildman–Crippen LogP) is 3.97. The number of anilines is 2. The van der Waals surface area contributed by atoms with Crippen molar-refractivity contribution in [3.05, 3.63) is 65.2 Å². The van der Waals surface area contributed by atoms with Crippen LogP contribution in [-0.2, 0) is 17.6 Å². The molecule has 7 nitrogen and oxygen atoms in total. The average Bonchev–Trinajstić information content (AvgIpc) is 3.17. The van der Waals surface area contributed by atoms with Crippen LogP contribution >= 0.6 is 0 Å². The lowest BCUT2D eigenvalue weighted by Gasteiger charge is -2.33. The van der Waals surface area contributed by atoms with Crippen LogP contribution in [0.1, 0.15) is 42.0 Å². The minimum Gasteiger partial charge on any atom is -0.342 e. The fourth-order valence-electron chi connectivity index (χ4n) is 4.22. The molecule has 3 aromatic rings. The van der Waals surface area contributed by atoms with Gasteiger partial charge in [-0.2, -0.15) is 5.10 Å². The number of aromatic amines is 1. The summed E-state index contributed by atoms with van der Waals surface area (Å²) in [4.78, 5) is 23.9. The van der Waals surface area contributed by atoms with Gasteiger partial charge in [-0.15, -0.1) is 0 Å². The van der Waals surface area contributed by atoms with E-state index in [4.69, 9.17) is 0 Å². The highest BCUT2D eigenvalue weighted by atomic mass is 16.2. The molecular formula is C24H30N6O. The second-order valence-corrected chi connectivity index (χ2v) is 8.39. The van der Waals surface area contributed by atoms with Crippen molar-refractivity contribution in [2.45, 2.75) is 46.0 Å². The number of hydrogen-bond donors (Lipinski definition) is 2. The van der Waals surface area contributed by atoms with Gasteiger partial charge in [0.2, 0.25) is 5.91 Å². The molecule has 162 valence electrons. The predicted molar refractivity (Wildman–Crippen MR) is 121 cm³/mol. The first kappa shape index (κ1) is 21.0. The van der Waals surface area contributed by atoms with E-state index in [0.29, 0.717) is 12.3 Å². The fourth-order valence-corrected chi connectivity index (χ4v) is 4.22. The average molecular weight is 419 g/mol. The van der Waals surface area contributed by atoms with Crippen LogP contribution in [0.2, 0.25) is 0 Å². The van der Waals surface area contributed by atoms with Gasteiger partial charge in [-0.1, -0.05) is 30.3 Å². The van der Waals surface area contributed by atoms with Crippen molar-refractivity contribution in [3.8, 4) is 0 Å². The van der Waals surface area contributed by atoms with Crippen LogP contribution in [-0.4, -0.2) is 44.1 Å². The monoisotopic (exact) mass is 418 g/mol. The highest BCUT2D eigenvalue weighted by Gasteiger charge is 2.24. The molecule has 1 fully saturated rings. The van der Waals surface area contributed by atoms with E-state index in [-0.39, 0.29) is 5.91 Å². The summed E-state index contributed by atoms with van der Waals surface area (Å²) in [7, 11) is 0. The lowest BCUT2D eigenvalue weighted by atomic mass is 9.93. The molecule has 31 heavy (non-hydrogen) atoms. The van der Waals surface area contributed by atoms with Crippen molar-refractivity contribution in [2.24, 2.45) is 5.92 Å². The molecule has 0 radical (unpaired) electrons. The number of nitrogens with one attached hydrogen (secondary N) is 2. The molecular weight excluding hydrogens is 388 g/mol. The minimum atomic E-state index is 0.253. The van der Waals surface area contributed by atoms with Crippen molar-refractivity contribution in [3.63, 3.8) is 0 Å². The number of aryl methyl sites for hydroxylation is 3. The Morgan fingerprint density at radius 3 is 2.77 bits per heavy atom. The summed E-state index contributed by atoms with van der Waals surface area (Å²) in [5, 5.41) is 10.4. The van der Waals surface area contributed by atoms with Crippen molar-refractivity contribution >= 4 is 17.5 Å². The first-order chi connectivity index (χ1) is 15.0. The maximum Gasteiger partial charge on any atom is 0.222 e. The third-order valence-electron chi connectivity index (χ3n) is 5.69. The van der Waals surface area contributed by atoms with E-state index in [2.05, 4.69) is 37.6 Å². The summed E-state index contributed by atoms with van der Waals surface area (Å²) in [6, 6.07) is 14.2. The molecule has 0 spiro atoms. The summed E-state index contributed by atoms with van der Waals surface area (Å²) < 4.78 is 0. The topological polar surface area (TPSA) is 86.8 Å². The lowest BCUT2D eigenvalue weighted by molar-refractivity contribution is -0.133. The number of rotatable bonds is 7. The molecule has 0 saturated carbocycles. The number of aromatic nitrogens is 4. The van der Waals surface area contributed by atoms with E-state index in [0.717, 1.165) is 67.6 Å². The number of amides is 1. The number of nitrogens with zero attached hydrogens (tertiary/aromatic N) is 4. The van der Waals surface area contributed by atoms with Crippen molar-refractivity contribution in [2.75, 3.05) is 18.4 Å². The smallest absolute Gasteiger partial charge is 0.222 e. The van der Waals surface area contributed by atoms with Gasteiger partial charge >= 0.3 is 0 Å². The summed E-state index contributed by atoms with van der Waals surface area (Å²) in [6.07, 6.45) is 4.38. The van der Waals surface area contributed by atoms with Crippen LogP contribution in [0.25, 0.3) is 0 Å². The lowest BCUT2D eigenvalue weighted by Crippen LogP contribution is -2.40. The number of benzene rings is 1. The molecule has 0 unspecified atom stereocenters. The summed E-state index contributed by atoms with van der Waals surface area (Å²) >= 11 is 0. The summed E-state index contributed by atoms with van der Waals surface area (Å²) in [6.45, 7) is 5.53. The van der Waals surface area contributed by atoms with Crippen LogP contribution in [0.3, 0.4) is 0 Å². The number of carbonyl (C=O) groups is 1. The SMILES string of the molecule is Cc1nc(C[C@H]2CCCN(C(=O)CCc3ccccc3)C2)cc(Nc2cc(C)[nH]n2)n1. The Balaban J connectivity index is 1.35. The van der Waals surface area contributed by atoms with Crippen LogP contribution in [0.5, 0.6) is 0 Å². The fraction of sp³-hybridized carbons (Fsp3) is 0.417. The summed E-state index contributed by atoms with van der Waals surface area (Å²) in [5.74, 6) is 2.90. The molecule has 3 heterocycles. The van der Waals surface area contributed by atoms with E-state index in [9.17, 15) is 4.79 Å². The Morgan fingerprint density at radius 2 is 2.00 bits per heavy atom. The van der Waals surface area contributed by atoms with Gasteiger partial charge in [0.15, 0.2) is 5.82 Å². The number of carbonyl (C=O) groups excluding carboxylic acids is 1. The van der Waals surface area contributed by atoms with Crippen LogP contribution in [0, 0.1) is 19.8 Å². The van der Waals surface area contributed by atoms with Gasteiger partial charge in [0.05, 0.1) is 0 Å². The van der Waals surface area contributed by atoms with E-state index >= 15 is 0 Å². The Kier molecular flexibility index (Phi) is 6.60. The zero-order valence-corrected chi connectivity index (χ0v) is 18.3. The zero-order chi connectivity index (χ0) is 21.6. The number of likely N-dealkylation sites (tertiary alicyclic amines) is 1. The van der Waals surface area contributed by atoms with Crippen molar-refractivity contribution in [1.29, 1.82) is 0 Å². The van der Waals surface area contributed by atoms with E-state index in [1.54, 1.807) is 0 Å². The van der Waals surface area contributed by atoms with Crippen LogP contribution < -0.4 is 5.32 Å². The number of H-pyrrole nitrogens is 1. The highest BCUT2D eigenvalue weighted by molar-refractivity contribution is 5.76. The molecule has 4 rings (SSSR count). The van der Waals surface area contributed by atoms with E-state index in [1.807, 2.05) is 49.1 Å². The third kappa shape index (κ3) is 5.90. The molecule has 7 heteroatoms. The second kappa shape index (κ2) is 9.73. The molecule has 2 aromatic heterocycles. The normalized spacial score (nSPS) is 16.3. The minimum absolute atomic E-state index is 0.253. The van der Waals surface area contributed by atoms with Gasteiger partial charge in [0.1, 0.15) is 11.6 Å². The standard InChI is InChI=1S/C24H30N6O/c1-17-13-23(29-28-17)27-22-15-21(25-18(2)26-22)14-20-9-6-12-30(16-20)24(31)11-10-19-7-4-3-5-8-19/h3-5,7-8,13,15,20H,6,9-12,14,16H2,1-2H3,(H2,25,26,27,28,29)/t20-/m1/s1. The zero-order valence-electron chi connectivity index (χ0n) is 18.3. The molecule has 1 amide bonds. The third-order valence-corrected chi connectivity index (χ3v) is 5.69. The first-order valence-electron chi connectivity index (χ1n) is 11.0. The Hall–Kier alpha value is -3.22. The highest BCUT2D eigenvalue weighted by Crippen LogP contribution is 2.23. The quantitative estimate of drug-likeness (QED) is 0.606. The molecule has 1 aromatic carbocycles. The Labute approximate surface area is 183 Å². The maximum atomic E-state index is 12.8. The first-order valence-corrected chi connectivity index (χ1v) is 11.0. The molecule has 1 aliphatic rings. The maximum absolute atomic E-state index is 12.8. The molecule has 1 atom stereocenters. The van der Waals surface area contributed by atoms with Crippen LogP contribution in [0.15, 0.2) is 42.5 Å². The molecule has 1 saturated heterocycles. The summed E-state index contributed by atoms with van der Waals surface area (Å²) in [5.41, 5.74) is 3.21. The van der Waals surface area contributed by atoms with Crippen LogP contribution in [0.4, 0.5) is 11.6 Å². The van der Waals surface area contributed by atoms with E-state index in [1.165, 1.54) is 5.56 Å². The molecule has 2 N–H and O–H groups in total. The second-order valence-electron chi connectivity index (χ2n) is 8.39. The molecule has 0 bridgehead atoms. The number of hydrogen-bond acceptors (Lipinski definition) is 5. The largest absolute Gasteiger partial charge is 0.342 e. The van der Waals surface area contributed by atoms with Gasteiger partial charge in [-0.05, 0) is 51.0 Å². The Bertz CT molecular complexity index is 1020. The van der Waals surface area contributed by atoms with Gasteiger partial charge in [-0.3, -0.25) is 9.89 Å². The molecule has 0 aliphatic carbocycles. The van der Waals surface area contributed by atoms with Crippen molar-refractivity contribution in [1.82, 2.24) is 25.1 Å². The van der Waals surface area contributed by atoms with Gasteiger partial charge in [0, 0.05) is 43.0 Å². The molecule has 1 aliphatic heterocycles. The van der Waals surface area contributed by atoms with Gasteiger partial charge < -0.3 is 10.2 Å². The van der Waals surface area contributed by atoms with Gasteiger partial charge in [0.25, 0.3) is 0 Å². The Morgan fingerprint density at radius 1 is 1.16 bits per heavy atom. The van der Waals surface area contributed by atoms with Crippen molar-refractivity contribution < 1.29 is 4.79 Å².